The molecule has 0 atom stereocenters. The van der Waals surface area contributed by atoms with E-state index in [1.807, 2.05) is 19.1 Å². The van der Waals surface area contributed by atoms with E-state index in [1.165, 1.54) is 7.11 Å². The second kappa shape index (κ2) is 3.89. The highest BCUT2D eigenvalue weighted by atomic mass is 16.6. The summed E-state index contributed by atoms with van der Waals surface area (Å²) in [6.07, 6.45) is 0. The van der Waals surface area contributed by atoms with Gasteiger partial charge >= 0.3 is 0 Å². The molecule has 4 nitrogen and oxygen atoms in total. The molecule has 0 radical (unpaired) electrons. The number of benzene rings is 1. The summed E-state index contributed by atoms with van der Waals surface area (Å²) in [6, 6.07) is 5.38. The highest BCUT2D eigenvalue weighted by Gasteiger charge is 2.10. The third-order valence-electron chi connectivity index (χ3n) is 1.87. The second-order valence-corrected chi connectivity index (χ2v) is 2.75. The van der Waals surface area contributed by atoms with E-state index in [9.17, 15) is 10.1 Å². The number of rotatable bonds is 3. The lowest BCUT2D eigenvalue weighted by Crippen LogP contribution is -2.02. The van der Waals surface area contributed by atoms with Crippen LogP contribution in [-0.4, -0.2) is 12.0 Å². The molecule has 0 heterocycles. The Morgan fingerprint density at radius 3 is 2.77 bits per heavy atom. The van der Waals surface area contributed by atoms with Gasteiger partial charge in [0.05, 0.1) is 12.7 Å². The minimum absolute atomic E-state index is 0.185. The maximum Gasteiger partial charge on any atom is 0.232 e. The van der Waals surface area contributed by atoms with Crippen molar-refractivity contribution in [3.63, 3.8) is 0 Å². The number of methoxy groups -OCH3 is 1. The minimum atomic E-state index is -0.356. The maximum atomic E-state index is 10.3. The molecule has 4 heteroatoms. The number of hydrogen-bond acceptors (Lipinski definition) is 3. The van der Waals surface area contributed by atoms with Crippen LogP contribution in [0.5, 0.6) is 5.75 Å². The van der Waals surface area contributed by atoms with Crippen molar-refractivity contribution in [1.29, 1.82) is 0 Å². The molecular formula is C9H11NO3. The lowest BCUT2D eigenvalue weighted by molar-refractivity contribution is -0.497. The lowest BCUT2D eigenvalue weighted by atomic mass is 10.1. The standard InChI is InChI=1S/C9H11NO3/c1-7-4-3-5-9(13-2)8(7)6-10(11)12/h3-5H,6H2,1-2H3. The average molecular weight is 181 g/mol. The van der Waals surface area contributed by atoms with E-state index in [4.69, 9.17) is 4.74 Å². The summed E-state index contributed by atoms with van der Waals surface area (Å²) in [5.74, 6) is 0.580. The molecule has 0 bridgehead atoms. The van der Waals surface area contributed by atoms with Gasteiger partial charge in [0.25, 0.3) is 0 Å². The van der Waals surface area contributed by atoms with Crippen molar-refractivity contribution in [2.24, 2.45) is 0 Å². The van der Waals surface area contributed by atoms with Crippen LogP contribution in [0.1, 0.15) is 11.1 Å². The summed E-state index contributed by atoms with van der Waals surface area (Å²) in [7, 11) is 1.51. The first-order valence-corrected chi connectivity index (χ1v) is 3.89. The largest absolute Gasteiger partial charge is 0.496 e. The number of nitrogens with zero attached hydrogens (tertiary/aromatic N) is 1. The molecule has 0 spiro atoms. The third-order valence-corrected chi connectivity index (χ3v) is 1.87. The lowest BCUT2D eigenvalue weighted by Gasteiger charge is -2.06. The Balaban J connectivity index is 3.07. The zero-order valence-electron chi connectivity index (χ0n) is 7.61. The van der Waals surface area contributed by atoms with Crippen LogP contribution in [0.2, 0.25) is 0 Å². The molecule has 0 aromatic heterocycles. The fourth-order valence-electron chi connectivity index (χ4n) is 1.20. The minimum Gasteiger partial charge on any atom is -0.496 e. The number of hydrogen-bond donors (Lipinski definition) is 0. The molecule has 1 aromatic carbocycles. The fourth-order valence-corrected chi connectivity index (χ4v) is 1.20. The molecule has 0 amide bonds. The van der Waals surface area contributed by atoms with Crippen LogP contribution in [0, 0.1) is 17.0 Å². The monoisotopic (exact) mass is 181 g/mol. The molecule has 0 saturated carbocycles. The first-order valence-electron chi connectivity index (χ1n) is 3.89. The van der Waals surface area contributed by atoms with Gasteiger partial charge in [-0.25, -0.2) is 0 Å². The van der Waals surface area contributed by atoms with Gasteiger partial charge in [0, 0.05) is 4.92 Å². The molecule has 0 N–H and O–H groups in total. The molecule has 0 aliphatic carbocycles. The Labute approximate surface area is 76.3 Å². The Morgan fingerprint density at radius 1 is 1.54 bits per heavy atom. The van der Waals surface area contributed by atoms with Gasteiger partial charge in [0.1, 0.15) is 5.75 Å². The van der Waals surface area contributed by atoms with Crippen LogP contribution in [0.15, 0.2) is 18.2 Å². The molecule has 1 rings (SSSR count). The number of ether oxygens (including phenoxy) is 1. The fraction of sp³-hybridized carbons (Fsp3) is 0.333. The van der Waals surface area contributed by atoms with E-state index in [-0.39, 0.29) is 11.5 Å². The Bertz CT molecular complexity index is 323. The van der Waals surface area contributed by atoms with Crippen LogP contribution in [0.25, 0.3) is 0 Å². The molecule has 0 unspecified atom stereocenters. The van der Waals surface area contributed by atoms with Gasteiger partial charge in [-0.15, -0.1) is 0 Å². The van der Waals surface area contributed by atoms with Crippen molar-refractivity contribution >= 4 is 0 Å². The van der Waals surface area contributed by atoms with E-state index in [0.29, 0.717) is 11.3 Å². The van der Waals surface area contributed by atoms with Crippen molar-refractivity contribution in [1.82, 2.24) is 0 Å². The van der Waals surface area contributed by atoms with E-state index in [1.54, 1.807) is 6.07 Å². The summed E-state index contributed by atoms with van der Waals surface area (Å²) < 4.78 is 5.02. The Kier molecular flexibility index (Phi) is 2.84. The van der Waals surface area contributed by atoms with Crippen LogP contribution in [0.3, 0.4) is 0 Å². The number of nitro groups is 1. The van der Waals surface area contributed by atoms with Gasteiger partial charge in [-0.3, -0.25) is 10.1 Å². The normalized spacial score (nSPS) is 9.69. The predicted molar refractivity (Wildman–Crippen MR) is 48.4 cm³/mol. The van der Waals surface area contributed by atoms with Gasteiger partial charge < -0.3 is 4.74 Å². The summed E-state index contributed by atoms with van der Waals surface area (Å²) in [5, 5.41) is 10.3. The molecule has 0 aliphatic heterocycles. The summed E-state index contributed by atoms with van der Waals surface area (Å²) in [6.45, 7) is 1.65. The average Bonchev–Trinajstić information content (AvgIpc) is 2.08. The van der Waals surface area contributed by atoms with E-state index < -0.39 is 0 Å². The van der Waals surface area contributed by atoms with Crippen molar-refractivity contribution in [2.75, 3.05) is 7.11 Å². The summed E-state index contributed by atoms with van der Waals surface area (Å²) in [5.41, 5.74) is 1.53. The van der Waals surface area contributed by atoms with Crippen LogP contribution in [0.4, 0.5) is 0 Å². The quantitative estimate of drug-likeness (QED) is 0.527. The molecule has 1 aromatic rings. The highest BCUT2D eigenvalue weighted by molar-refractivity contribution is 5.38. The topological polar surface area (TPSA) is 52.4 Å². The van der Waals surface area contributed by atoms with Gasteiger partial charge in [0.2, 0.25) is 6.54 Å². The summed E-state index contributed by atoms with van der Waals surface area (Å²) in [4.78, 5) is 9.98. The Morgan fingerprint density at radius 2 is 2.23 bits per heavy atom. The van der Waals surface area contributed by atoms with E-state index in [0.717, 1.165) is 5.56 Å². The molecular weight excluding hydrogens is 170 g/mol. The zero-order chi connectivity index (χ0) is 9.84. The van der Waals surface area contributed by atoms with Crippen molar-refractivity contribution in [2.45, 2.75) is 13.5 Å². The van der Waals surface area contributed by atoms with Gasteiger partial charge in [-0.1, -0.05) is 12.1 Å². The van der Waals surface area contributed by atoms with Crippen LogP contribution in [-0.2, 0) is 6.54 Å². The van der Waals surface area contributed by atoms with E-state index in [2.05, 4.69) is 0 Å². The smallest absolute Gasteiger partial charge is 0.232 e. The third kappa shape index (κ3) is 2.18. The first kappa shape index (κ1) is 9.51. The first-order chi connectivity index (χ1) is 6.15. The molecule has 0 fully saturated rings. The van der Waals surface area contributed by atoms with Crippen LogP contribution >= 0.6 is 0 Å². The molecule has 70 valence electrons. The van der Waals surface area contributed by atoms with Crippen LogP contribution < -0.4 is 4.74 Å². The number of aryl methyl sites for hydroxylation is 1. The highest BCUT2D eigenvalue weighted by Crippen LogP contribution is 2.21. The van der Waals surface area contributed by atoms with Crippen molar-refractivity contribution < 1.29 is 9.66 Å². The second-order valence-electron chi connectivity index (χ2n) is 2.75. The van der Waals surface area contributed by atoms with Crippen molar-refractivity contribution in [3.05, 3.63) is 39.4 Å². The zero-order valence-corrected chi connectivity index (χ0v) is 7.61. The molecule has 13 heavy (non-hydrogen) atoms. The maximum absolute atomic E-state index is 10.3. The molecule has 0 aliphatic rings. The van der Waals surface area contributed by atoms with Crippen molar-refractivity contribution in [3.8, 4) is 5.75 Å². The summed E-state index contributed by atoms with van der Waals surface area (Å²) >= 11 is 0. The van der Waals surface area contributed by atoms with Gasteiger partial charge in [-0.2, -0.15) is 0 Å². The van der Waals surface area contributed by atoms with Gasteiger partial charge in [-0.05, 0) is 18.6 Å². The van der Waals surface area contributed by atoms with Gasteiger partial charge in [0.15, 0.2) is 0 Å². The molecule has 0 saturated heterocycles. The van der Waals surface area contributed by atoms with E-state index >= 15 is 0 Å². The predicted octanol–water partition coefficient (Wildman–Crippen LogP) is 1.78. The Hall–Kier alpha value is -1.58. The SMILES string of the molecule is COc1cccc(C)c1C[N+](=O)[O-].